The number of hydrogen-bond donors (Lipinski definition) is 4. The number of alkyl halides is 3. The lowest BCUT2D eigenvalue weighted by Gasteiger charge is -2.22. The third-order valence-corrected chi connectivity index (χ3v) is 6.78. The minimum absolute atomic E-state index is 0.0765. The number of nitrogens with one attached hydrogen (secondary N) is 3. The molecular weight excluding hydrogens is 561 g/mol. The molecule has 0 bridgehead atoms. The summed E-state index contributed by atoms with van der Waals surface area (Å²) in [6, 6.07) is 12.7. The van der Waals surface area contributed by atoms with Crippen LogP contribution in [-0.2, 0) is 39.1 Å². The molecule has 0 radical (unpaired) electrons. The summed E-state index contributed by atoms with van der Waals surface area (Å²) in [5.41, 5.74) is 1.19. The third kappa shape index (κ3) is 10.2. The van der Waals surface area contributed by atoms with E-state index < -0.39 is 47.0 Å². The van der Waals surface area contributed by atoms with Crippen LogP contribution in [0.3, 0.4) is 0 Å². The number of halogens is 3. The van der Waals surface area contributed by atoms with Crippen molar-refractivity contribution in [3.8, 4) is 0 Å². The molecular formula is C24H25F3N4O6S2. The fourth-order valence-electron chi connectivity index (χ4n) is 3.60. The molecule has 4 N–H and O–H groups in total. The zero-order valence-electron chi connectivity index (χ0n) is 20.4. The standard InChI is InChI=1S/C24H25F3N4O6S2/c1-37-23(33)30-19(11-15-5-3-2-4-6-15)21(32)29-20(22-28-18(14-38-22)13-24(25,26)27)12-16-7-9-17(10-8-16)31-39(34,35)36/h2-10,14,19-20,31H,11-13H2,1H3,(H,29,32)(H,30,33)(H,34,35,36). The van der Waals surface area contributed by atoms with E-state index in [0.717, 1.165) is 24.0 Å². The molecule has 2 unspecified atom stereocenters. The number of alkyl carbamates (subject to hydrolysis) is 1. The Labute approximate surface area is 226 Å². The molecule has 0 aliphatic carbocycles. The van der Waals surface area contributed by atoms with Crippen molar-refractivity contribution >= 4 is 39.3 Å². The minimum atomic E-state index is -4.48. The Bertz CT molecular complexity index is 1370. The molecule has 0 aliphatic rings. The number of hydrogen-bond acceptors (Lipinski definition) is 7. The number of anilines is 1. The predicted octanol–water partition coefficient (Wildman–Crippen LogP) is 3.83. The molecule has 3 rings (SSSR count). The number of ether oxygens (including phenoxy) is 1. The van der Waals surface area contributed by atoms with Gasteiger partial charge in [0.1, 0.15) is 11.0 Å². The van der Waals surface area contributed by atoms with Crippen molar-refractivity contribution in [3.63, 3.8) is 0 Å². The summed E-state index contributed by atoms with van der Waals surface area (Å²) in [6.45, 7) is 0. The fraction of sp³-hybridized carbons (Fsp3) is 0.292. The number of aromatic nitrogens is 1. The van der Waals surface area contributed by atoms with Gasteiger partial charge in [0.2, 0.25) is 5.91 Å². The predicted molar refractivity (Wildman–Crippen MR) is 138 cm³/mol. The van der Waals surface area contributed by atoms with Gasteiger partial charge >= 0.3 is 22.6 Å². The molecule has 0 saturated carbocycles. The van der Waals surface area contributed by atoms with E-state index in [9.17, 15) is 31.2 Å². The Kier molecular flexibility index (Phi) is 9.88. The monoisotopic (exact) mass is 586 g/mol. The fourth-order valence-corrected chi connectivity index (χ4v) is 4.90. The van der Waals surface area contributed by atoms with Gasteiger partial charge in [-0.2, -0.15) is 21.6 Å². The third-order valence-electron chi connectivity index (χ3n) is 5.28. The second-order valence-electron chi connectivity index (χ2n) is 8.39. The SMILES string of the molecule is COC(=O)NC(Cc1ccccc1)C(=O)NC(Cc1ccc(NS(=O)(=O)O)cc1)c1nc(CC(F)(F)F)cs1. The van der Waals surface area contributed by atoms with E-state index in [1.165, 1.54) is 29.6 Å². The van der Waals surface area contributed by atoms with Gasteiger partial charge in [-0.25, -0.2) is 9.78 Å². The highest BCUT2D eigenvalue weighted by atomic mass is 32.2. The van der Waals surface area contributed by atoms with Crippen LogP contribution in [-0.4, -0.2) is 49.3 Å². The summed E-state index contributed by atoms with van der Waals surface area (Å²) in [4.78, 5) is 29.3. The van der Waals surface area contributed by atoms with Crippen molar-refractivity contribution in [1.82, 2.24) is 15.6 Å². The molecule has 0 saturated heterocycles. The summed E-state index contributed by atoms with van der Waals surface area (Å²) >= 11 is 0.942. The van der Waals surface area contributed by atoms with Gasteiger partial charge in [0.15, 0.2) is 0 Å². The van der Waals surface area contributed by atoms with Crippen LogP contribution in [0.15, 0.2) is 60.0 Å². The van der Waals surface area contributed by atoms with E-state index in [0.29, 0.717) is 5.56 Å². The van der Waals surface area contributed by atoms with E-state index in [-0.39, 0.29) is 29.2 Å². The molecule has 39 heavy (non-hydrogen) atoms. The van der Waals surface area contributed by atoms with Crippen molar-refractivity contribution in [1.29, 1.82) is 0 Å². The number of methoxy groups -OCH3 is 1. The van der Waals surface area contributed by atoms with Crippen LogP contribution in [0, 0.1) is 0 Å². The van der Waals surface area contributed by atoms with E-state index in [2.05, 4.69) is 20.4 Å². The van der Waals surface area contributed by atoms with E-state index in [1.54, 1.807) is 30.3 Å². The van der Waals surface area contributed by atoms with Gasteiger partial charge in [-0.1, -0.05) is 42.5 Å². The van der Waals surface area contributed by atoms with Gasteiger partial charge < -0.3 is 15.4 Å². The molecule has 15 heteroatoms. The van der Waals surface area contributed by atoms with Crippen molar-refractivity contribution in [2.45, 2.75) is 37.5 Å². The Balaban J connectivity index is 1.86. The number of nitrogens with zero attached hydrogens (tertiary/aromatic N) is 1. The summed E-state index contributed by atoms with van der Waals surface area (Å²) < 4.78 is 76.3. The Morgan fingerprint density at radius 2 is 1.67 bits per heavy atom. The smallest absolute Gasteiger partial charge is 0.407 e. The van der Waals surface area contributed by atoms with Crippen molar-refractivity contribution in [2.24, 2.45) is 0 Å². The normalized spacial score (nSPS) is 13.3. The van der Waals surface area contributed by atoms with Crippen LogP contribution in [0.5, 0.6) is 0 Å². The van der Waals surface area contributed by atoms with Gasteiger partial charge in [0.05, 0.1) is 31.0 Å². The molecule has 10 nitrogen and oxygen atoms in total. The van der Waals surface area contributed by atoms with E-state index in [4.69, 9.17) is 4.55 Å². The highest BCUT2D eigenvalue weighted by Crippen LogP contribution is 2.27. The largest absolute Gasteiger partial charge is 0.453 e. The quantitative estimate of drug-likeness (QED) is 0.250. The summed E-state index contributed by atoms with van der Waals surface area (Å²) in [7, 11) is -3.34. The average molecular weight is 587 g/mol. The molecule has 2 aromatic carbocycles. The first-order chi connectivity index (χ1) is 18.3. The highest BCUT2D eigenvalue weighted by Gasteiger charge is 2.31. The minimum Gasteiger partial charge on any atom is -0.453 e. The number of rotatable bonds is 11. The second-order valence-corrected chi connectivity index (χ2v) is 10.4. The van der Waals surface area contributed by atoms with Gasteiger partial charge in [-0.15, -0.1) is 11.3 Å². The van der Waals surface area contributed by atoms with Crippen molar-refractivity contribution in [2.75, 3.05) is 11.8 Å². The Morgan fingerprint density at radius 3 is 2.26 bits per heavy atom. The Morgan fingerprint density at radius 1 is 1.03 bits per heavy atom. The molecule has 0 spiro atoms. The first-order valence-corrected chi connectivity index (χ1v) is 13.7. The van der Waals surface area contributed by atoms with Gasteiger partial charge in [-0.3, -0.25) is 14.1 Å². The molecule has 210 valence electrons. The summed E-state index contributed by atoms with van der Waals surface area (Å²) in [6.07, 6.45) is -6.35. The molecule has 1 aromatic heterocycles. The van der Waals surface area contributed by atoms with E-state index >= 15 is 0 Å². The van der Waals surface area contributed by atoms with Gasteiger partial charge in [-0.05, 0) is 29.7 Å². The lowest BCUT2D eigenvalue weighted by atomic mass is 10.0. The van der Waals surface area contributed by atoms with E-state index in [1.807, 2.05) is 4.72 Å². The van der Waals surface area contributed by atoms with Crippen LogP contribution in [0.25, 0.3) is 0 Å². The topological polar surface area (TPSA) is 147 Å². The highest BCUT2D eigenvalue weighted by molar-refractivity contribution is 7.87. The summed E-state index contributed by atoms with van der Waals surface area (Å²) in [5.74, 6) is -0.619. The van der Waals surface area contributed by atoms with Gasteiger partial charge in [0.25, 0.3) is 0 Å². The van der Waals surface area contributed by atoms with Crippen LogP contribution in [0.4, 0.5) is 23.7 Å². The lowest BCUT2D eigenvalue weighted by Crippen LogP contribution is -2.49. The number of carbonyl (C=O) groups excluding carboxylic acids is 2. The lowest BCUT2D eigenvalue weighted by molar-refractivity contribution is -0.128. The maximum atomic E-state index is 13.3. The molecule has 2 amide bonds. The molecule has 1 heterocycles. The maximum absolute atomic E-state index is 13.3. The van der Waals surface area contributed by atoms with Crippen molar-refractivity contribution < 1.29 is 40.5 Å². The van der Waals surface area contributed by atoms with Gasteiger partial charge in [0, 0.05) is 11.8 Å². The van der Waals surface area contributed by atoms with Crippen molar-refractivity contribution in [3.05, 3.63) is 81.8 Å². The zero-order chi connectivity index (χ0) is 28.6. The molecule has 3 aromatic rings. The first-order valence-electron chi connectivity index (χ1n) is 11.4. The molecule has 0 fully saturated rings. The number of benzene rings is 2. The molecule has 2 atom stereocenters. The van der Waals surface area contributed by atoms with Crippen LogP contribution in [0.2, 0.25) is 0 Å². The number of amides is 2. The van der Waals surface area contributed by atoms with Crippen LogP contribution in [0.1, 0.15) is 27.9 Å². The number of carbonyl (C=O) groups is 2. The zero-order valence-corrected chi connectivity index (χ0v) is 22.1. The van der Waals surface area contributed by atoms with Crippen LogP contribution >= 0.6 is 11.3 Å². The first kappa shape index (κ1) is 29.9. The number of thiazole rings is 1. The molecule has 0 aliphatic heterocycles. The second kappa shape index (κ2) is 12.9. The average Bonchev–Trinajstić information content (AvgIpc) is 3.30. The Hall–Kier alpha value is -3.69. The summed E-state index contributed by atoms with van der Waals surface area (Å²) in [5, 5.41) is 6.71. The van der Waals surface area contributed by atoms with Crippen LogP contribution < -0.4 is 15.4 Å². The maximum Gasteiger partial charge on any atom is 0.407 e.